The van der Waals surface area contributed by atoms with E-state index in [9.17, 15) is 0 Å². The highest BCUT2D eigenvalue weighted by atomic mass is 14.9. The van der Waals surface area contributed by atoms with Crippen LogP contribution in [0.3, 0.4) is 0 Å². The van der Waals surface area contributed by atoms with Gasteiger partial charge in [0.1, 0.15) is 0 Å². The molecule has 1 aliphatic heterocycles. The van der Waals surface area contributed by atoms with Gasteiger partial charge in [-0.15, -0.1) is 0 Å². The van der Waals surface area contributed by atoms with E-state index in [1.807, 2.05) is 0 Å². The van der Waals surface area contributed by atoms with Crippen molar-refractivity contribution in [1.29, 1.82) is 0 Å². The van der Waals surface area contributed by atoms with Crippen LogP contribution < -0.4 is 5.32 Å². The second kappa shape index (κ2) is 9.84. The maximum absolute atomic E-state index is 3.62. The summed E-state index contributed by atoms with van der Waals surface area (Å²) in [5.41, 5.74) is 11.2. The van der Waals surface area contributed by atoms with Gasteiger partial charge < -0.3 is 10.3 Å². The zero-order valence-corrected chi connectivity index (χ0v) is 19.8. The third-order valence-corrected chi connectivity index (χ3v) is 6.51. The summed E-state index contributed by atoms with van der Waals surface area (Å²) in [7, 11) is 0. The fourth-order valence-corrected chi connectivity index (χ4v) is 4.60. The lowest BCUT2D eigenvalue weighted by atomic mass is 9.91. The monoisotopic (exact) mass is 442 g/mol. The SMILES string of the molecule is CCc1c[nH]c(-c2ccccc2/C=C/c2ccccc2C2C=C(C)C(c3ccccc3)=CN2)c1. The molecule has 2 N–H and O–H groups in total. The Morgan fingerprint density at radius 3 is 2.29 bits per heavy atom. The largest absolute Gasteiger partial charge is 0.380 e. The van der Waals surface area contributed by atoms with Gasteiger partial charge >= 0.3 is 0 Å². The predicted octanol–water partition coefficient (Wildman–Crippen LogP) is 8.05. The number of nitrogens with one attached hydrogen (secondary N) is 2. The first kappa shape index (κ1) is 21.8. The molecule has 0 amide bonds. The van der Waals surface area contributed by atoms with Gasteiger partial charge in [-0.05, 0) is 52.8 Å². The molecule has 1 aromatic heterocycles. The lowest BCUT2D eigenvalue weighted by Crippen LogP contribution is -2.19. The number of H-pyrrole nitrogens is 1. The molecule has 2 nitrogen and oxygen atoms in total. The minimum atomic E-state index is 0.138. The summed E-state index contributed by atoms with van der Waals surface area (Å²) in [6.07, 6.45) is 12.1. The lowest BCUT2D eigenvalue weighted by Gasteiger charge is -2.24. The second-order valence-corrected chi connectivity index (χ2v) is 8.74. The number of aryl methyl sites for hydroxylation is 1. The zero-order chi connectivity index (χ0) is 23.3. The standard InChI is InChI=1S/C32H30N2/c1-3-24-20-32(33-21-24)29-16-10-8-14-27(29)18-17-26-13-7-9-15-28(26)31-19-23(2)30(22-34-31)25-11-5-4-6-12-25/h4-22,31,33-34H,3H2,1-2H3/b18-17+. The molecule has 2 heterocycles. The number of aromatic amines is 1. The molecule has 0 radical (unpaired) electrons. The maximum atomic E-state index is 3.62. The Labute approximate surface area is 202 Å². The van der Waals surface area contributed by atoms with E-state index < -0.39 is 0 Å². The molecule has 34 heavy (non-hydrogen) atoms. The summed E-state index contributed by atoms with van der Waals surface area (Å²) < 4.78 is 0. The molecule has 1 aliphatic rings. The Morgan fingerprint density at radius 1 is 0.824 bits per heavy atom. The van der Waals surface area contributed by atoms with Crippen LogP contribution in [0.15, 0.2) is 109 Å². The molecule has 0 spiro atoms. The fourth-order valence-electron chi connectivity index (χ4n) is 4.60. The van der Waals surface area contributed by atoms with Gasteiger partial charge in [0.25, 0.3) is 0 Å². The van der Waals surface area contributed by atoms with Crippen molar-refractivity contribution in [2.45, 2.75) is 26.3 Å². The number of allylic oxidation sites excluding steroid dienone is 2. The maximum Gasteiger partial charge on any atom is 0.0704 e. The first-order valence-corrected chi connectivity index (χ1v) is 12.0. The molecule has 1 unspecified atom stereocenters. The fraction of sp³-hybridized carbons (Fsp3) is 0.125. The molecular formula is C32H30N2. The van der Waals surface area contributed by atoms with Crippen molar-refractivity contribution in [3.63, 3.8) is 0 Å². The summed E-state index contributed by atoms with van der Waals surface area (Å²) in [5, 5.41) is 3.62. The van der Waals surface area contributed by atoms with E-state index in [2.05, 4.69) is 140 Å². The van der Waals surface area contributed by atoms with Crippen molar-refractivity contribution in [3.8, 4) is 11.3 Å². The van der Waals surface area contributed by atoms with Gasteiger partial charge in [0.05, 0.1) is 6.04 Å². The summed E-state index contributed by atoms with van der Waals surface area (Å²) in [4.78, 5) is 3.44. The smallest absolute Gasteiger partial charge is 0.0704 e. The highest BCUT2D eigenvalue weighted by Gasteiger charge is 2.17. The third kappa shape index (κ3) is 4.53. The van der Waals surface area contributed by atoms with Crippen molar-refractivity contribution in [2.75, 3.05) is 0 Å². The third-order valence-electron chi connectivity index (χ3n) is 6.51. The first-order chi connectivity index (χ1) is 16.7. The first-order valence-electron chi connectivity index (χ1n) is 12.0. The Bertz CT molecular complexity index is 1370. The Kier molecular flexibility index (Phi) is 6.31. The van der Waals surface area contributed by atoms with Crippen LogP contribution in [0.2, 0.25) is 0 Å². The molecule has 0 saturated carbocycles. The molecule has 0 saturated heterocycles. The van der Waals surface area contributed by atoms with Gasteiger partial charge in [-0.3, -0.25) is 0 Å². The van der Waals surface area contributed by atoms with Gasteiger partial charge in [-0.25, -0.2) is 0 Å². The summed E-state index contributed by atoms with van der Waals surface area (Å²) >= 11 is 0. The quantitative estimate of drug-likeness (QED) is 0.291. The van der Waals surface area contributed by atoms with E-state index in [1.54, 1.807) is 0 Å². The van der Waals surface area contributed by atoms with Crippen LogP contribution in [-0.4, -0.2) is 4.98 Å². The predicted molar refractivity (Wildman–Crippen MR) is 145 cm³/mol. The molecule has 5 rings (SSSR count). The number of hydrogen-bond acceptors (Lipinski definition) is 1. The van der Waals surface area contributed by atoms with Crippen LogP contribution in [0.1, 0.15) is 47.7 Å². The number of dihydropyridines is 1. The average molecular weight is 443 g/mol. The van der Waals surface area contributed by atoms with Crippen LogP contribution in [0.5, 0.6) is 0 Å². The average Bonchev–Trinajstić information content (AvgIpc) is 3.37. The zero-order valence-electron chi connectivity index (χ0n) is 19.8. The minimum Gasteiger partial charge on any atom is -0.380 e. The highest BCUT2D eigenvalue weighted by Crippen LogP contribution is 2.32. The molecule has 0 bridgehead atoms. The number of rotatable bonds is 6. The molecule has 3 aromatic carbocycles. The number of benzene rings is 3. The van der Waals surface area contributed by atoms with Gasteiger partial charge in [-0.2, -0.15) is 0 Å². The number of hydrogen-bond donors (Lipinski definition) is 2. The van der Waals surface area contributed by atoms with Gasteiger partial charge in [-0.1, -0.05) is 104 Å². The van der Waals surface area contributed by atoms with Gasteiger partial charge in [0.2, 0.25) is 0 Å². The van der Waals surface area contributed by atoms with Crippen LogP contribution in [0.25, 0.3) is 29.0 Å². The molecule has 0 fully saturated rings. The molecule has 2 heteroatoms. The van der Waals surface area contributed by atoms with Crippen molar-refractivity contribution < 1.29 is 0 Å². The van der Waals surface area contributed by atoms with E-state index in [0.29, 0.717) is 0 Å². The molecular weight excluding hydrogens is 412 g/mol. The van der Waals surface area contributed by atoms with Crippen molar-refractivity contribution in [3.05, 3.63) is 137 Å². The Hall–Kier alpha value is -4.04. The van der Waals surface area contributed by atoms with E-state index in [1.165, 1.54) is 44.5 Å². The Morgan fingerprint density at radius 2 is 1.53 bits per heavy atom. The van der Waals surface area contributed by atoms with E-state index >= 15 is 0 Å². The van der Waals surface area contributed by atoms with Crippen LogP contribution >= 0.6 is 0 Å². The van der Waals surface area contributed by atoms with E-state index in [-0.39, 0.29) is 6.04 Å². The van der Waals surface area contributed by atoms with Crippen molar-refractivity contribution in [1.82, 2.24) is 10.3 Å². The summed E-state index contributed by atoms with van der Waals surface area (Å²) in [6.45, 7) is 4.38. The van der Waals surface area contributed by atoms with Crippen LogP contribution in [0, 0.1) is 0 Å². The molecule has 4 aromatic rings. The van der Waals surface area contributed by atoms with Gasteiger partial charge in [0, 0.05) is 29.2 Å². The molecule has 1 atom stereocenters. The molecule has 0 aliphatic carbocycles. The highest BCUT2D eigenvalue weighted by molar-refractivity contribution is 5.82. The van der Waals surface area contributed by atoms with Crippen LogP contribution in [-0.2, 0) is 6.42 Å². The minimum absolute atomic E-state index is 0.138. The Balaban J connectivity index is 1.43. The van der Waals surface area contributed by atoms with Crippen molar-refractivity contribution >= 4 is 17.7 Å². The topological polar surface area (TPSA) is 27.8 Å². The van der Waals surface area contributed by atoms with E-state index in [0.717, 1.165) is 12.1 Å². The number of aromatic nitrogens is 1. The van der Waals surface area contributed by atoms with E-state index in [4.69, 9.17) is 0 Å². The molecule has 168 valence electrons. The second-order valence-electron chi connectivity index (χ2n) is 8.74. The lowest BCUT2D eigenvalue weighted by molar-refractivity contribution is 0.741. The summed E-state index contributed by atoms with van der Waals surface area (Å²) in [6, 6.07) is 30.1. The van der Waals surface area contributed by atoms with Crippen molar-refractivity contribution in [2.24, 2.45) is 0 Å². The van der Waals surface area contributed by atoms with Crippen LogP contribution in [0.4, 0.5) is 0 Å². The summed E-state index contributed by atoms with van der Waals surface area (Å²) in [5.74, 6) is 0. The normalized spacial score (nSPS) is 15.6. The van der Waals surface area contributed by atoms with Gasteiger partial charge in [0.15, 0.2) is 0 Å².